The Morgan fingerprint density at radius 1 is 0.457 bits per heavy atom. The fraction of sp³-hybridized carbons (Fsp3) is 0.0385. The third-order valence-electron chi connectivity index (χ3n) is 12.1. The molecule has 70 heavy (non-hydrogen) atoms. The Bertz CT molecular complexity index is 4180. The van der Waals surface area contributed by atoms with E-state index >= 15 is 0 Å². The van der Waals surface area contributed by atoms with E-state index in [0.29, 0.717) is 11.1 Å². The highest BCUT2D eigenvalue weighted by molar-refractivity contribution is 7.25. The van der Waals surface area contributed by atoms with Gasteiger partial charge >= 0.3 is 12.2 Å². The Morgan fingerprint density at radius 3 is 1.09 bits per heavy atom. The van der Waals surface area contributed by atoms with Crippen LogP contribution in [-0.2, 0) is 22.7 Å². The standard InChI is InChI=1S/C52H24F4N4O8S2/c53-33-15-25-11-29-30(12-26(25)16-34(33)54)46(62)41(45(29)61)57-39-19-37-49(69-39)44-43(59(37)51(65)67-21-23-7-3-1-4-8-23)50-38(60(44)52(66)68-22-24-9-5-2-6-10-24)20-40(70-50)58-42-47(63)31-13-27-17-35(55)36(56)18-28(27)14-32(31)48(42)64/h1-20H,21-22H2. The van der Waals surface area contributed by atoms with E-state index < -0.39 is 67.9 Å². The van der Waals surface area contributed by atoms with Crippen molar-refractivity contribution in [1.82, 2.24) is 9.13 Å². The SMILES string of the molecule is O=C(OCc1ccccc1)n1c2cc(N=c3c(=O)c4cc5cc(F)c(F)cc5cc4c3=O)sc2c2c1c1sc(N=c3c(=O)c4cc5cc(F)c(F)cc5cc4c3=O)cc1n2C(=O)OCc1ccccc1. The second-order valence-corrected chi connectivity index (χ2v) is 18.4. The van der Waals surface area contributed by atoms with Gasteiger partial charge in [0.15, 0.2) is 34.0 Å². The van der Waals surface area contributed by atoms with Crippen molar-refractivity contribution in [1.29, 1.82) is 0 Å². The second-order valence-electron chi connectivity index (χ2n) is 16.3. The molecule has 12 aromatic rings. The summed E-state index contributed by atoms with van der Waals surface area (Å²) in [6.45, 7) is -0.343. The summed E-state index contributed by atoms with van der Waals surface area (Å²) < 4.78 is 71.4. The molecule has 0 aliphatic rings. The summed E-state index contributed by atoms with van der Waals surface area (Å²) in [5.74, 6) is -4.52. The van der Waals surface area contributed by atoms with Crippen LogP contribution < -0.4 is 32.4 Å². The summed E-state index contributed by atoms with van der Waals surface area (Å²) in [5, 5.41) is -0.298. The normalized spacial score (nSPS) is 11.9. The molecule has 4 aromatic heterocycles. The lowest BCUT2D eigenvalue weighted by Gasteiger charge is -2.07. The number of benzene rings is 6. The summed E-state index contributed by atoms with van der Waals surface area (Å²) in [7, 11) is 0. The van der Waals surface area contributed by atoms with E-state index in [0.717, 1.165) is 46.9 Å². The minimum Gasteiger partial charge on any atom is -0.444 e. The highest BCUT2D eigenvalue weighted by atomic mass is 32.1. The van der Waals surface area contributed by atoms with Crippen molar-refractivity contribution in [2.45, 2.75) is 13.2 Å². The van der Waals surface area contributed by atoms with Gasteiger partial charge in [-0.3, -0.25) is 19.2 Å². The van der Waals surface area contributed by atoms with Gasteiger partial charge < -0.3 is 9.47 Å². The highest BCUT2D eigenvalue weighted by Gasteiger charge is 2.31. The Labute approximate surface area is 394 Å². The van der Waals surface area contributed by atoms with Crippen molar-refractivity contribution in [3.8, 4) is 0 Å². The fourth-order valence-electron chi connectivity index (χ4n) is 8.82. The van der Waals surface area contributed by atoms with Crippen LogP contribution in [0.2, 0.25) is 0 Å². The molecule has 18 heteroatoms. The number of thiophene rings is 2. The van der Waals surface area contributed by atoms with Gasteiger partial charge in [-0.2, -0.15) is 0 Å². The van der Waals surface area contributed by atoms with Gasteiger partial charge in [-0.1, -0.05) is 60.7 Å². The van der Waals surface area contributed by atoms with E-state index in [4.69, 9.17) is 9.47 Å². The summed E-state index contributed by atoms with van der Waals surface area (Å²) in [6, 6.07) is 29.4. The van der Waals surface area contributed by atoms with E-state index in [1.165, 1.54) is 45.5 Å². The van der Waals surface area contributed by atoms with E-state index in [9.17, 15) is 46.3 Å². The Balaban J connectivity index is 1.08. The van der Waals surface area contributed by atoms with Crippen molar-refractivity contribution < 1.29 is 36.6 Å². The van der Waals surface area contributed by atoms with Crippen molar-refractivity contribution in [3.63, 3.8) is 0 Å². The van der Waals surface area contributed by atoms with Crippen LogP contribution in [0.5, 0.6) is 0 Å². The van der Waals surface area contributed by atoms with Crippen molar-refractivity contribution in [3.05, 3.63) is 207 Å². The second kappa shape index (κ2) is 15.9. The Hall–Kier alpha value is -8.74. The molecule has 12 nitrogen and oxygen atoms in total. The molecule has 0 spiro atoms. The maximum absolute atomic E-state index is 14.5. The summed E-state index contributed by atoms with van der Waals surface area (Å²) in [4.78, 5) is 93.1. The van der Waals surface area contributed by atoms with Gasteiger partial charge in [0.05, 0.1) is 31.5 Å². The lowest BCUT2D eigenvalue weighted by molar-refractivity contribution is 0.142. The third-order valence-corrected chi connectivity index (χ3v) is 14.1. The zero-order valence-electron chi connectivity index (χ0n) is 35.3. The topological polar surface area (TPSA) is 155 Å². The molecule has 0 aliphatic carbocycles. The van der Waals surface area contributed by atoms with Crippen LogP contribution in [0, 0.1) is 23.3 Å². The first kappa shape index (κ1) is 42.6. The molecule has 12 rings (SSSR count). The van der Waals surface area contributed by atoms with Gasteiger partial charge in [0.1, 0.15) is 23.2 Å². The molecule has 0 saturated carbocycles. The molecule has 0 N–H and O–H groups in total. The van der Waals surface area contributed by atoms with E-state index in [1.54, 1.807) is 60.7 Å². The molecule has 0 radical (unpaired) electrons. The van der Waals surface area contributed by atoms with Crippen LogP contribution in [0.4, 0.5) is 37.2 Å². The predicted molar refractivity (Wildman–Crippen MR) is 258 cm³/mol. The lowest BCUT2D eigenvalue weighted by atomic mass is 10.1. The molecule has 0 saturated heterocycles. The number of carbonyl (C=O) groups excluding carboxylic acids is 2. The average molecular weight is 973 g/mol. The molecule has 0 unspecified atom stereocenters. The molecule has 0 fully saturated rings. The summed E-state index contributed by atoms with van der Waals surface area (Å²) >= 11 is 1.88. The van der Waals surface area contributed by atoms with Crippen LogP contribution >= 0.6 is 22.7 Å². The maximum Gasteiger partial charge on any atom is 0.419 e. The van der Waals surface area contributed by atoms with Gasteiger partial charge in [-0.25, -0.2) is 46.3 Å². The van der Waals surface area contributed by atoms with Crippen LogP contribution in [-0.4, -0.2) is 21.3 Å². The summed E-state index contributed by atoms with van der Waals surface area (Å²) in [6.07, 6.45) is -1.80. The number of halogens is 4. The number of carbonyl (C=O) groups is 2. The molecular weight excluding hydrogens is 949 g/mol. The van der Waals surface area contributed by atoms with Gasteiger partial charge in [0.2, 0.25) is 21.7 Å². The molecule has 0 bridgehead atoms. The van der Waals surface area contributed by atoms with Crippen LogP contribution in [0.25, 0.3) is 74.6 Å². The summed E-state index contributed by atoms with van der Waals surface area (Å²) in [5.41, 5.74) is -1.14. The number of hydrogen-bond acceptors (Lipinski definition) is 12. The van der Waals surface area contributed by atoms with Gasteiger partial charge in [0.25, 0.3) is 0 Å². The minimum absolute atomic E-state index is 0.0569. The van der Waals surface area contributed by atoms with Crippen molar-refractivity contribution in [2.75, 3.05) is 0 Å². The zero-order valence-corrected chi connectivity index (χ0v) is 37.0. The lowest BCUT2D eigenvalue weighted by Crippen LogP contribution is -2.31. The van der Waals surface area contributed by atoms with Gasteiger partial charge in [0, 0.05) is 21.5 Å². The minimum atomic E-state index is -1.13. The van der Waals surface area contributed by atoms with Crippen molar-refractivity contribution in [2.24, 2.45) is 9.98 Å². The first-order valence-electron chi connectivity index (χ1n) is 21.1. The van der Waals surface area contributed by atoms with Crippen LogP contribution in [0.1, 0.15) is 11.1 Å². The first-order chi connectivity index (χ1) is 33.8. The molecule has 4 heterocycles. The molecule has 8 aromatic carbocycles. The number of ether oxygens (including phenoxy) is 2. The van der Waals surface area contributed by atoms with Gasteiger partial charge in [-0.05, 0) is 93.3 Å². The molecule has 0 amide bonds. The van der Waals surface area contributed by atoms with Crippen LogP contribution in [0.3, 0.4) is 0 Å². The van der Waals surface area contributed by atoms with E-state index in [2.05, 4.69) is 9.98 Å². The number of aromatic nitrogens is 2. The monoisotopic (exact) mass is 972 g/mol. The van der Waals surface area contributed by atoms with Gasteiger partial charge in [-0.15, -0.1) is 22.7 Å². The van der Waals surface area contributed by atoms with Crippen molar-refractivity contribution >= 4 is 119 Å². The molecule has 340 valence electrons. The highest BCUT2D eigenvalue weighted by Crippen LogP contribution is 2.47. The van der Waals surface area contributed by atoms with E-state index in [-0.39, 0.29) is 97.8 Å². The average Bonchev–Trinajstić information content (AvgIpc) is 4.17. The third kappa shape index (κ3) is 6.70. The largest absolute Gasteiger partial charge is 0.444 e. The first-order valence-corrected chi connectivity index (χ1v) is 22.7. The Morgan fingerprint density at radius 2 is 0.771 bits per heavy atom. The molecule has 0 atom stereocenters. The van der Waals surface area contributed by atoms with Crippen LogP contribution in [0.15, 0.2) is 150 Å². The number of nitrogens with zero attached hydrogens (tertiary/aromatic N) is 4. The number of hydrogen-bond donors (Lipinski definition) is 0. The molecular formula is C52H24F4N4O8S2. The predicted octanol–water partition coefficient (Wildman–Crippen LogP) is 10.1. The fourth-order valence-corrected chi connectivity index (χ4v) is 10.9. The molecule has 0 aliphatic heterocycles. The number of rotatable bonds is 6. The maximum atomic E-state index is 14.5. The zero-order chi connectivity index (χ0) is 48.3. The smallest absolute Gasteiger partial charge is 0.419 e. The number of fused-ring (bicyclic) bond motifs is 9. The van der Waals surface area contributed by atoms with E-state index in [1.807, 2.05) is 0 Å². The Kier molecular flexibility index (Phi) is 9.69. The quantitative estimate of drug-likeness (QED) is 0.149.